The zero-order valence-electron chi connectivity index (χ0n) is 20.1. The van der Waals surface area contributed by atoms with Gasteiger partial charge in [0.25, 0.3) is 5.91 Å². The van der Waals surface area contributed by atoms with Crippen molar-refractivity contribution >= 4 is 11.9 Å². The second-order valence-electron chi connectivity index (χ2n) is 8.49. The van der Waals surface area contributed by atoms with E-state index < -0.39 is 12.3 Å². The Labute approximate surface area is 210 Å². The molecule has 1 amide bonds. The number of amides is 1. The minimum Gasteiger partial charge on any atom is -0.465 e. The molecule has 3 aromatic rings. The average molecular weight is 488 g/mol. The van der Waals surface area contributed by atoms with Crippen LogP contribution >= 0.6 is 0 Å². The molecule has 0 bridgehead atoms. The molecule has 1 heterocycles. The van der Waals surface area contributed by atoms with Crippen molar-refractivity contribution in [2.45, 2.75) is 38.4 Å². The Balaban J connectivity index is 1.49. The van der Waals surface area contributed by atoms with E-state index in [9.17, 15) is 14.7 Å². The van der Waals surface area contributed by atoms with Crippen LogP contribution in [0.1, 0.15) is 45.0 Å². The number of rotatable bonds is 9. The summed E-state index contributed by atoms with van der Waals surface area (Å²) in [4.78, 5) is 24.8. The van der Waals surface area contributed by atoms with Gasteiger partial charge in [-0.3, -0.25) is 4.79 Å². The van der Waals surface area contributed by atoms with Gasteiger partial charge in [0.1, 0.15) is 0 Å². The fraction of sp³-hybridized carbons (Fsp3) is 0.241. The molecule has 1 aliphatic heterocycles. The second-order valence-corrected chi connectivity index (χ2v) is 8.49. The fourth-order valence-corrected chi connectivity index (χ4v) is 3.93. The largest absolute Gasteiger partial charge is 0.465 e. The van der Waals surface area contributed by atoms with E-state index in [-0.39, 0.29) is 24.2 Å². The van der Waals surface area contributed by atoms with Crippen LogP contribution in [0.4, 0.5) is 0 Å². The quantitative estimate of drug-likeness (QED) is 0.439. The zero-order chi connectivity index (χ0) is 25.3. The maximum Gasteiger partial charge on any atom is 0.337 e. The molecule has 0 radical (unpaired) electrons. The van der Waals surface area contributed by atoms with E-state index >= 15 is 0 Å². The van der Waals surface area contributed by atoms with Crippen molar-refractivity contribution in [2.75, 3.05) is 7.11 Å². The highest BCUT2D eigenvalue weighted by molar-refractivity contribution is 5.91. The van der Waals surface area contributed by atoms with Gasteiger partial charge in [0.2, 0.25) is 6.29 Å². The lowest BCUT2D eigenvalue weighted by Crippen LogP contribution is -2.32. The Hall–Kier alpha value is -3.94. The van der Waals surface area contributed by atoms with Gasteiger partial charge < -0.3 is 24.6 Å². The lowest BCUT2D eigenvalue weighted by molar-refractivity contribution is -0.150. The molecule has 1 aliphatic rings. The molecule has 7 nitrogen and oxygen atoms in total. The van der Waals surface area contributed by atoms with Crippen LogP contribution in [0.25, 0.3) is 0 Å². The summed E-state index contributed by atoms with van der Waals surface area (Å²) in [5, 5.41) is 12.1. The summed E-state index contributed by atoms with van der Waals surface area (Å²) in [6, 6.07) is 24.2. The van der Waals surface area contributed by atoms with E-state index in [1.54, 1.807) is 18.2 Å². The normalized spacial score (nSPS) is 17.0. The van der Waals surface area contributed by atoms with Crippen LogP contribution in [0.2, 0.25) is 0 Å². The van der Waals surface area contributed by atoms with E-state index in [1.807, 2.05) is 66.7 Å². The number of hydrogen-bond acceptors (Lipinski definition) is 6. The minimum atomic E-state index is -0.643. The van der Waals surface area contributed by atoms with E-state index in [0.717, 1.165) is 22.3 Å². The maximum absolute atomic E-state index is 13.0. The van der Waals surface area contributed by atoms with Crippen LogP contribution < -0.4 is 5.32 Å². The van der Waals surface area contributed by atoms with Gasteiger partial charge in [-0.2, -0.15) is 0 Å². The third-order valence-corrected chi connectivity index (χ3v) is 5.98. The van der Waals surface area contributed by atoms with Gasteiger partial charge in [0.05, 0.1) is 25.9 Å². The Morgan fingerprint density at radius 3 is 2.31 bits per heavy atom. The number of aliphatic hydroxyl groups excluding tert-OH is 1. The first-order chi connectivity index (χ1) is 17.6. The number of carbonyl (C=O) groups is 2. The number of carbonyl (C=O) groups excluding carboxylic acids is 2. The summed E-state index contributed by atoms with van der Waals surface area (Å²) in [5.41, 5.74) is 4.12. The summed E-state index contributed by atoms with van der Waals surface area (Å²) in [5.74, 6) is -0.682. The predicted octanol–water partition coefficient (Wildman–Crippen LogP) is 4.21. The SMILES string of the molecule is COC(=O)c1ccc([C@@H]2C=C(C(=O)NCc3ccccc3)O[C@H](OCc3ccc(CO)cc3)C2)cc1. The van der Waals surface area contributed by atoms with Gasteiger partial charge in [-0.05, 0) is 40.5 Å². The first-order valence-corrected chi connectivity index (χ1v) is 11.7. The number of hydrogen-bond donors (Lipinski definition) is 2. The molecule has 0 aliphatic carbocycles. The molecule has 0 spiro atoms. The van der Waals surface area contributed by atoms with Gasteiger partial charge in [0, 0.05) is 18.9 Å². The summed E-state index contributed by atoms with van der Waals surface area (Å²) in [6.07, 6.45) is 1.65. The molecule has 4 rings (SSSR count). The molecule has 2 N–H and O–H groups in total. The molecular weight excluding hydrogens is 458 g/mol. The molecule has 0 unspecified atom stereocenters. The molecule has 3 aromatic carbocycles. The predicted molar refractivity (Wildman–Crippen MR) is 134 cm³/mol. The van der Waals surface area contributed by atoms with E-state index in [1.165, 1.54) is 7.11 Å². The van der Waals surface area contributed by atoms with Crippen LogP contribution in [-0.2, 0) is 38.8 Å². The third-order valence-electron chi connectivity index (χ3n) is 5.98. The molecular formula is C29H29NO6. The van der Waals surface area contributed by atoms with Crippen LogP contribution in [0.5, 0.6) is 0 Å². The minimum absolute atomic E-state index is 0.0183. The number of esters is 1. The zero-order valence-corrected chi connectivity index (χ0v) is 20.1. The van der Waals surface area contributed by atoms with Crippen molar-refractivity contribution in [3.8, 4) is 0 Å². The lowest BCUT2D eigenvalue weighted by atomic mass is 9.92. The van der Waals surface area contributed by atoms with Crippen molar-refractivity contribution in [1.82, 2.24) is 5.32 Å². The highest BCUT2D eigenvalue weighted by Crippen LogP contribution is 2.32. The smallest absolute Gasteiger partial charge is 0.337 e. The van der Waals surface area contributed by atoms with E-state index in [4.69, 9.17) is 14.2 Å². The van der Waals surface area contributed by atoms with Crippen molar-refractivity contribution in [3.05, 3.63) is 119 Å². The molecule has 0 saturated heterocycles. The maximum atomic E-state index is 13.0. The lowest BCUT2D eigenvalue weighted by Gasteiger charge is -2.29. The average Bonchev–Trinajstić information content (AvgIpc) is 2.95. The third kappa shape index (κ3) is 6.59. The molecule has 0 aromatic heterocycles. The molecule has 2 atom stereocenters. The Morgan fingerprint density at radius 1 is 0.944 bits per heavy atom. The summed E-state index contributed by atoms with van der Waals surface area (Å²) < 4.78 is 16.8. The van der Waals surface area contributed by atoms with Gasteiger partial charge in [-0.1, -0.05) is 66.7 Å². The standard InChI is InChI=1S/C29H29NO6/c1-34-29(33)24-13-11-23(12-14-24)25-15-26(28(32)30-17-20-5-3-2-4-6-20)36-27(16-25)35-19-22-9-7-21(18-31)8-10-22/h2-15,25,27,31H,16-19H2,1H3,(H,30,32)/t25-,27+/m1/s1. The second kappa shape index (κ2) is 12.2. The fourth-order valence-electron chi connectivity index (χ4n) is 3.93. The number of ether oxygens (including phenoxy) is 3. The molecule has 7 heteroatoms. The Bertz CT molecular complexity index is 1190. The first kappa shape index (κ1) is 25.2. The Morgan fingerprint density at radius 2 is 1.64 bits per heavy atom. The van der Waals surface area contributed by atoms with Crippen molar-refractivity contribution in [2.24, 2.45) is 0 Å². The number of nitrogens with one attached hydrogen (secondary N) is 1. The number of benzene rings is 3. The molecule has 36 heavy (non-hydrogen) atoms. The van der Waals surface area contributed by atoms with Gasteiger partial charge >= 0.3 is 5.97 Å². The number of allylic oxidation sites excluding steroid dienone is 1. The van der Waals surface area contributed by atoms with Crippen LogP contribution in [-0.4, -0.2) is 30.4 Å². The van der Waals surface area contributed by atoms with E-state index in [0.29, 0.717) is 25.1 Å². The summed E-state index contributed by atoms with van der Waals surface area (Å²) >= 11 is 0. The van der Waals surface area contributed by atoms with Crippen LogP contribution in [0, 0.1) is 0 Å². The van der Waals surface area contributed by atoms with Crippen molar-refractivity contribution in [1.29, 1.82) is 0 Å². The summed E-state index contributed by atoms with van der Waals surface area (Å²) in [6.45, 7) is 0.653. The highest BCUT2D eigenvalue weighted by atomic mass is 16.7. The number of aliphatic hydroxyl groups is 1. The molecule has 186 valence electrons. The Kier molecular flexibility index (Phi) is 8.49. The van der Waals surface area contributed by atoms with Gasteiger partial charge in [-0.15, -0.1) is 0 Å². The van der Waals surface area contributed by atoms with Crippen molar-refractivity contribution in [3.63, 3.8) is 0 Å². The topological polar surface area (TPSA) is 94.1 Å². The first-order valence-electron chi connectivity index (χ1n) is 11.7. The number of methoxy groups -OCH3 is 1. The molecule has 0 saturated carbocycles. The van der Waals surface area contributed by atoms with E-state index in [2.05, 4.69) is 5.32 Å². The van der Waals surface area contributed by atoms with Crippen molar-refractivity contribution < 1.29 is 28.9 Å². The van der Waals surface area contributed by atoms with Crippen LogP contribution in [0.15, 0.2) is 90.7 Å². The van der Waals surface area contributed by atoms with Gasteiger partial charge in [0.15, 0.2) is 5.76 Å². The van der Waals surface area contributed by atoms with Crippen LogP contribution in [0.3, 0.4) is 0 Å². The van der Waals surface area contributed by atoms with Gasteiger partial charge in [-0.25, -0.2) is 4.79 Å². The molecule has 0 fully saturated rings. The highest BCUT2D eigenvalue weighted by Gasteiger charge is 2.29. The summed E-state index contributed by atoms with van der Waals surface area (Å²) in [7, 11) is 1.34. The monoisotopic (exact) mass is 487 g/mol.